The van der Waals surface area contributed by atoms with Gasteiger partial charge in [-0.2, -0.15) is 5.10 Å². The largest absolute Gasteiger partial charge is 0.348 e. The van der Waals surface area contributed by atoms with Gasteiger partial charge in [0.25, 0.3) is 5.91 Å². The molecule has 1 atom stereocenters. The molecule has 1 unspecified atom stereocenters. The molecule has 1 amide bonds. The first kappa shape index (κ1) is 21.2. The standard InChI is InChI=1S/C28H43N3O/c1-19(28-16-20-13-21(17-28)15-22(14-20)18-28)29-27(32)26-24-11-7-2-3-8-12-25(24)31(30-26)23-9-5-4-6-10-23/h19-23H,2-18H2,1H3,(H,29,32). The van der Waals surface area contributed by atoms with Crippen molar-refractivity contribution in [2.75, 3.05) is 0 Å². The van der Waals surface area contributed by atoms with E-state index in [0.717, 1.165) is 36.3 Å². The second-order valence-electron chi connectivity index (χ2n) is 12.4. The minimum absolute atomic E-state index is 0.125. The van der Waals surface area contributed by atoms with Crippen molar-refractivity contribution in [3.63, 3.8) is 0 Å². The summed E-state index contributed by atoms with van der Waals surface area (Å²) in [5.74, 6) is 2.89. The Morgan fingerprint density at radius 3 is 2.16 bits per heavy atom. The maximum atomic E-state index is 13.7. The number of amides is 1. The molecule has 176 valence electrons. The van der Waals surface area contributed by atoms with Crippen molar-refractivity contribution in [2.45, 2.75) is 128 Å². The van der Waals surface area contributed by atoms with Crippen LogP contribution in [0.1, 0.15) is 131 Å². The highest BCUT2D eigenvalue weighted by atomic mass is 16.2. The van der Waals surface area contributed by atoms with Crippen LogP contribution in [0.2, 0.25) is 0 Å². The van der Waals surface area contributed by atoms with Crippen molar-refractivity contribution in [1.29, 1.82) is 0 Å². The zero-order chi connectivity index (χ0) is 21.7. The summed E-state index contributed by atoms with van der Waals surface area (Å²) in [7, 11) is 0. The third-order valence-electron chi connectivity index (χ3n) is 10.2. The molecule has 1 heterocycles. The molecule has 0 saturated heterocycles. The molecule has 6 aliphatic rings. The molecule has 0 aromatic carbocycles. The van der Waals surface area contributed by atoms with Gasteiger partial charge in [-0.05, 0) is 107 Å². The number of nitrogens with zero attached hydrogens (tertiary/aromatic N) is 2. The van der Waals surface area contributed by atoms with Crippen LogP contribution in [0.4, 0.5) is 0 Å². The average molecular weight is 438 g/mol. The first-order chi connectivity index (χ1) is 15.6. The lowest BCUT2D eigenvalue weighted by Gasteiger charge is -2.59. The normalized spacial score (nSPS) is 35.7. The van der Waals surface area contributed by atoms with E-state index in [-0.39, 0.29) is 11.9 Å². The number of hydrogen-bond donors (Lipinski definition) is 1. The first-order valence-electron chi connectivity index (χ1n) is 14.0. The highest BCUT2D eigenvalue weighted by molar-refractivity contribution is 5.94. The van der Waals surface area contributed by atoms with E-state index in [1.807, 2.05) is 0 Å². The summed E-state index contributed by atoms with van der Waals surface area (Å²) in [6.45, 7) is 2.31. The van der Waals surface area contributed by atoms with E-state index in [4.69, 9.17) is 5.10 Å². The van der Waals surface area contributed by atoms with Gasteiger partial charge in [-0.3, -0.25) is 9.48 Å². The fourth-order valence-electron chi connectivity index (χ4n) is 8.92. The maximum absolute atomic E-state index is 13.7. The lowest BCUT2D eigenvalue weighted by atomic mass is 9.48. The van der Waals surface area contributed by atoms with Crippen molar-refractivity contribution in [2.24, 2.45) is 23.2 Å². The summed E-state index contributed by atoms with van der Waals surface area (Å²) in [5, 5.41) is 8.64. The summed E-state index contributed by atoms with van der Waals surface area (Å²) in [6, 6.07) is 0.784. The van der Waals surface area contributed by atoms with Gasteiger partial charge in [-0.25, -0.2) is 0 Å². The molecule has 0 radical (unpaired) electrons. The van der Waals surface area contributed by atoms with Gasteiger partial charge in [-0.1, -0.05) is 32.1 Å². The van der Waals surface area contributed by atoms with Crippen molar-refractivity contribution < 1.29 is 4.79 Å². The van der Waals surface area contributed by atoms with Gasteiger partial charge >= 0.3 is 0 Å². The number of aromatic nitrogens is 2. The fourth-order valence-corrected chi connectivity index (χ4v) is 8.92. The molecular formula is C28H43N3O. The monoisotopic (exact) mass is 437 g/mol. The van der Waals surface area contributed by atoms with Crippen LogP contribution < -0.4 is 5.32 Å². The molecule has 5 fully saturated rings. The number of hydrogen-bond acceptors (Lipinski definition) is 2. The van der Waals surface area contributed by atoms with Crippen LogP contribution in [0.15, 0.2) is 0 Å². The number of carbonyl (C=O) groups excluding carboxylic acids is 1. The van der Waals surface area contributed by atoms with Crippen LogP contribution in [0.25, 0.3) is 0 Å². The SMILES string of the molecule is CC(NC(=O)c1nn(C2CCCCC2)c2c1CCCCCC2)C12CC3CC(CC(C3)C1)C2. The van der Waals surface area contributed by atoms with E-state index < -0.39 is 0 Å². The number of nitrogens with one attached hydrogen (secondary N) is 1. The molecule has 0 aliphatic heterocycles. The van der Waals surface area contributed by atoms with Gasteiger partial charge in [0.05, 0.1) is 6.04 Å². The van der Waals surface area contributed by atoms with Gasteiger partial charge in [0.15, 0.2) is 5.69 Å². The fraction of sp³-hybridized carbons (Fsp3) is 0.857. The number of carbonyl (C=O) groups is 1. The quantitative estimate of drug-likeness (QED) is 0.594. The van der Waals surface area contributed by atoms with Crippen molar-refractivity contribution >= 4 is 5.91 Å². The maximum Gasteiger partial charge on any atom is 0.272 e. The Morgan fingerprint density at radius 2 is 1.50 bits per heavy atom. The van der Waals surface area contributed by atoms with E-state index in [0.29, 0.717) is 11.5 Å². The van der Waals surface area contributed by atoms with Crippen LogP contribution in [0, 0.1) is 23.2 Å². The predicted octanol–water partition coefficient (Wildman–Crippen LogP) is 6.38. The molecule has 7 rings (SSSR count). The second kappa shape index (κ2) is 8.47. The number of rotatable bonds is 4. The molecule has 0 spiro atoms. The summed E-state index contributed by atoms with van der Waals surface area (Å²) < 4.78 is 2.34. The highest BCUT2D eigenvalue weighted by Gasteiger charge is 2.53. The summed E-state index contributed by atoms with van der Waals surface area (Å²) in [4.78, 5) is 13.7. The molecule has 4 heteroatoms. The van der Waals surface area contributed by atoms with E-state index >= 15 is 0 Å². The highest BCUT2D eigenvalue weighted by Crippen LogP contribution is 2.61. The first-order valence-corrected chi connectivity index (χ1v) is 14.0. The van der Waals surface area contributed by atoms with Gasteiger partial charge in [0.2, 0.25) is 0 Å². The Hall–Kier alpha value is -1.32. The third-order valence-corrected chi connectivity index (χ3v) is 10.2. The third kappa shape index (κ3) is 3.74. The van der Waals surface area contributed by atoms with E-state index in [1.165, 1.54) is 108 Å². The Balaban J connectivity index is 1.26. The van der Waals surface area contributed by atoms with Gasteiger partial charge in [0.1, 0.15) is 0 Å². The Morgan fingerprint density at radius 1 is 0.906 bits per heavy atom. The molecule has 1 N–H and O–H groups in total. The Labute approximate surface area is 194 Å². The molecule has 4 nitrogen and oxygen atoms in total. The lowest BCUT2D eigenvalue weighted by molar-refractivity contribution is -0.0688. The van der Waals surface area contributed by atoms with E-state index in [2.05, 4.69) is 16.9 Å². The van der Waals surface area contributed by atoms with E-state index in [9.17, 15) is 4.79 Å². The summed E-state index contributed by atoms with van der Waals surface area (Å²) in [6.07, 6.45) is 22.1. The van der Waals surface area contributed by atoms with Gasteiger partial charge in [0, 0.05) is 17.3 Å². The molecule has 32 heavy (non-hydrogen) atoms. The average Bonchev–Trinajstić information content (AvgIpc) is 3.10. The smallest absolute Gasteiger partial charge is 0.272 e. The summed E-state index contributed by atoms with van der Waals surface area (Å²) in [5.41, 5.74) is 3.84. The van der Waals surface area contributed by atoms with Crippen molar-refractivity contribution in [3.8, 4) is 0 Å². The second-order valence-corrected chi connectivity index (χ2v) is 12.4. The van der Waals surface area contributed by atoms with Crippen LogP contribution >= 0.6 is 0 Å². The zero-order valence-corrected chi connectivity index (χ0v) is 20.2. The molecule has 4 bridgehead atoms. The van der Waals surface area contributed by atoms with Crippen molar-refractivity contribution in [1.82, 2.24) is 15.1 Å². The molecular weight excluding hydrogens is 394 g/mol. The Kier molecular flexibility index (Phi) is 5.62. The van der Waals surface area contributed by atoms with Crippen LogP contribution in [0.5, 0.6) is 0 Å². The minimum Gasteiger partial charge on any atom is -0.348 e. The topological polar surface area (TPSA) is 46.9 Å². The van der Waals surface area contributed by atoms with Gasteiger partial charge < -0.3 is 5.32 Å². The summed E-state index contributed by atoms with van der Waals surface area (Å²) >= 11 is 0. The zero-order valence-electron chi connectivity index (χ0n) is 20.2. The minimum atomic E-state index is 0.125. The molecule has 6 aliphatic carbocycles. The van der Waals surface area contributed by atoms with E-state index in [1.54, 1.807) is 0 Å². The van der Waals surface area contributed by atoms with Crippen LogP contribution in [0.3, 0.4) is 0 Å². The molecule has 1 aromatic heterocycles. The van der Waals surface area contributed by atoms with Crippen LogP contribution in [-0.2, 0) is 12.8 Å². The lowest BCUT2D eigenvalue weighted by Crippen LogP contribution is -2.55. The Bertz CT molecular complexity index is 814. The molecule has 1 aromatic rings. The van der Waals surface area contributed by atoms with Crippen molar-refractivity contribution in [3.05, 3.63) is 17.0 Å². The number of fused-ring (bicyclic) bond motifs is 1. The molecule has 5 saturated carbocycles. The van der Waals surface area contributed by atoms with Crippen LogP contribution in [-0.4, -0.2) is 21.7 Å². The predicted molar refractivity (Wildman–Crippen MR) is 128 cm³/mol. The van der Waals surface area contributed by atoms with Gasteiger partial charge in [-0.15, -0.1) is 0 Å².